The lowest BCUT2D eigenvalue weighted by molar-refractivity contribution is -0.131. The first-order valence-electron chi connectivity index (χ1n) is 13.2. The fraction of sp³-hybridized carbons (Fsp3) is 0.212. The van der Waals surface area contributed by atoms with E-state index >= 15 is 0 Å². The van der Waals surface area contributed by atoms with E-state index < -0.39 is 5.97 Å². The number of benzene rings is 3. The summed E-state index contributed by atoms with van der Waals surface area (Å²) in [6, 6.07) is 29.9. The molecule has 0 unspecified atom stereocenters. The van der Waals surface area contributed by atoms with Crippen LogP contribution in [-0.2, 0) is 4.79 Å². The second-order valence-corrected chi connectivity index (χ2v) is 8.88. The molecule has 0 bridgehead atoms. The Morgan fingerprint density at radius 2 is 1.44 bits per heavy atom. The van der Waals surface area contributed by atoms with Gasteiger partial charge in [0.05, 0.1) is 25.5 Å². The van der Waals surface area contributed by atoms with Crippen molar-refractivity contribution in [3.63, 3.8) is 0 Å². The zero-order valence-corrected chi connectivity index (χ0v) is 22.1. The first-order chi connectivity index (χ1) is 19.1. The van der Waals surface area contributed by atoms with Gasteiger partial charge in [0.1, 0.15) is 0 Å². The first kappa shape index (κ1) is 27.5. The van der Waals surface area contributed by atoms with Crippen LogP contribution in [0, 0.1) is 0 Å². The van der Waals surface area contributed by atoms with Crippen LogP contribution >= 0.6 is 0 Å². The highest BCUT2D eigenvalue weighted by Gasteiger charge is 2.09. The van der Waals surface area contributed by atoms with Gasteiger partial charge in [-0.25, -0.2) is 9.78 Å². The summed E-state index contributed by atoms with van der Waals surface area (Å²) >= 11 is 0. The topological polar surface area (TPSA) is 77.9 Å². The quantitative estimate of drug-likeness (QED) is 0.136. The van der Waals surface area contributed by atoms with Crippen LogP contribution in [0.1, 0.15) is 31.7 Å². The lowest BCUT2D eigenvalue weighted by Crippen LogP contribution is -2.03. The molecule has 4 rings (SSSR count). The third-order valence-corrected chi connectivity index (χ3v) is 5.96. The van der Waals surface area contributed by atoms with Gasteiger partial charge in [0.25, 0.3) is 0 Å². The monoisotopic (exact) mass is 523 g/mol. The first-order valence-corrected chi connectivity index (χ1v) is 13.2. The number of aliphatic carboxylic acids is 1. The maximum Gasteiger partial charge on any atom is 0.328 e. The number of nitrogens with zero attached hydrogens (tertiary/aromatic N) is 1. The van der Waals surface area contributed by atoms with E-state index in [4.69, 9.17) is 24.3 Å². The zero-order valence-electron chi connectivity index (χ0n) is 22.1. The summed E-state index contributed by atoms with van der Waals surface area (Å²) in [6.45, 7) is 3.50. The van der Waals surface area contributed by atoms with Crippen molar-refractivity contribution >= 4 is 12.0 Å². The zero-order chi connectivity index (χ0) is 27.3. The number of carboxylic acid groups (broad SMARTS) is 1. The molecule has 0 aliphatic heterocycles. The fourth-order valence-electron chi connectivity index (χ4n) is 4.06. The van der Waals surface area contributed by atoms with Gasteiger partial charge in [0.15, 0.2) is 11.5 Å². The van der Waals surface area contributed by atoms with Crippen molar-refractivity contribution in [3.8, 4) is 39.8 Å². The van der Waals surface area contributed by atoms with Crippen molar-refractivity contribution in [2.45, 2.75) is 26.2 Å². The van der Waals surface area contributed by atoms with Crippen molar-refractivity contribution in [2.75, 3.05) is 19.8 Å². The number of rotatable bonds is 14. The number of carboxylic acids is 1. The number of hydrogen-bond acceptors (Lipinski definition) is 5. The molecule has 0 aliphatic carbocycles. The van der Waals surface area contributed by atoms with Crippen LogP contribution in [0.25, 0.3) is 28.5 Å². The van der Waals surface area contributed by atoms with Gasteiger partial charge in [-0.3, -0.25) is 0 Å². The average Bonchev–Trinajstić information content (AvgIpc) is 2.97. The van der Waals surface area contributed by atoms with Crippen molar-refractivity contribution < 1.29 is 24.1 Å². The van der Waals surface area contributed by atoms with E-state index in [1.807, 2.05) is 61.5 Å². The summed E-state index contributed by atoms with van der Waals surface area (Å²) < 4.78 is 17.7. The maximum atomic E-state index is 10.8. The predicted molar refractivity (Wildman–Crippen MR) is 154 cm³/mol. The minimum absolute atomic E-state index is 0.491. The summed E-state index contributed by atoms with van der Waals surface area (Å²) in [5.41, 5.74) is 4.87. The van der Waals surface area contributed by atoms with E-state index in [2.05, 4.69) is 30.3 Å². The summed E-state index contributed by atoms with van der Waals surface area (Å²) in [7, 11) is 0. The SMILES string of the molecule is CCOc1cc(C=CC(=O)O)ccc1OCCCCCOc1cc(-c2ccccc2)cc(-c2ccccc2)n1. The van der Waals surface area contributed by atoms with Gasteiger partial charge in [-0.05, 0) is 67.2 Å². The minimum atomic E-state index is -0.992. The molecule has 0 amide bonds. The molecule has 0 spiro atoms. The number of aromatic nitrogens is 1. The Bertz CT molecular complexity index is 1310. The molecule has 0 atom stereocenters. The van der Waals surface area contributed by atoms with E-state index in [0.29, 0.717) is 37.2 Å². The van der Waals surface area contributed by atoms with Gasteiger partial charge in [0, 0.05) is 17.7 Å². The lowest BCUT2D eigenvalue weighted by Gasteiger charge is -2.13. The van der Waals surface area contributed by atoms with E-state index in [1.165, 1.54) is 6.08 Å². The van der Waals surface area contributed by atoms with Crippen molar-refractivity contribution in [3.05, 3.63) is 103 Å². The van der Waals surface area contributed by atoms with Gasteiger partial charge in [-0.1, -0.05) is 66.7 Å². The van der Waals surface area contributed by atoms with Crippen molar-refractivity contribution in [1.29, 1.82) is 0 Å². The van der Waals surface area contributed by atoms with Crippen LogP contribution in [0.4, 0.5) is 0 Å². The smallest absolute Gasteiger partial charge is 0.328 e. The standard InChI is InChI=1S/C33H33NO5/c1-2-37-31-22-25(17-19-33(35)36)16-18-30(31)38-20-10-5-11-21-39-32-24-28(26-12-6-3-7-13-26)23-29(34-32)27-14-8-4-9-15-27/h3-4,6-9,12-19,22-24H,2,5,10-11,20-21H2,1H3,(H,35,36). The summed E-state index contributed by atoms with van der Waals surface area (Å²) in [5, 5.41) is 8.84. The highest BCUT2D eigenvalue weighted by molar-refractivity contribution is 5.85. The Kier molecular flexibility index (Phi) is 10.1. The van der Waals surface area contributed by atoms with Crippen LogP contribution in [0.2, 0.25) is 0 Å². The van der Waals surface area contributed by atoms with Crippen LogP contribution in [-0.4, -0.2) is 35.9 Å². The largest absolute Gasteiger partial charge is 0.490 e. The van der Waals surface area contributed by atoms with Gasteiger partial charge >= 0.3 is 5.97 Å². The molecule has 3 aromatic carbocycles. The van der Waals surface area contributed by atoms with E-state index in [0.717, 1.165) is 53.3 Å². The van der Waals surface area contributed by atoms with Gasteiger partial charge in [-0.15, -0.1) is 0 Å². The molecule has 6 heteroatoms. The molecular weight excluding hydrogens is 490 g/mol. The molecule has 0 saturated carbocycles. The van der Waals surface area contributed by atoms with Crippen LogP contribution in [0.5, 0.6) is 17.4 Å². The number of unbranched alkanes of at least 4 members (excludes halogenated alkanes) is 2. The summed E-state index contributed by atoms with van der Waals surface area (Å²) in [4.78, 5) is 15.5. The molecule has 0 saturated heterocycles. The normalized spacial score (nSPS) is 10.9. The Balaban J connectivity index is 1.29. The molecule has 0 fully saturated rings. The van der Waals surface area contributed by atoms with E-state index in [-0.39, 0.29) is 0 Å². The molecule has 39 heavy (non-hydrogen) atoms. The second-order valence-electron chi connectivity index (χ2n) is 8.88. The summed E-state index contributed by atoms with van der Waals surface area (Å²) in [6.07, 6.45) is 5.31. The number of pyridine rings is 1. The lowest BCUT2D eigenvalue weighted by atomic mass is 10.0. The van der Waals surface area contributed by atoms with Gasteiger partial charge in [-0.2, -0.15) is 0 Å². The highest BCUT2D eigenvalue weighted by atomic mass is 16.5. The van der Waals surface area contributed by atoms with Crippen LogP contribution in [0.15, 0.2) is 97.1 Å². The van der Waals surface area contributed by atoms with E-state index in [1.54, 1.807) is 6.07 Å². The molecule has 1 aromatic heterocycles. The Labute approximate surface area is 229 Å². The molecule has 200 valence electrons. The molecule has 1 N–H and O–H groups in total. The molecule has 0 aliphatic rings. The average molecular weight is 524 g/mol. The van der Waals surface area contributed by atoms with Gasteiger partial charge < -0.3 is 19.3 Å². The van der Waals surface area contributed by atoms with Crippen LogP contribution in [0.3, 0.4) is 0 Å². The Morgan fingerprint density at radius 3 is 2.13 bits per heavy atom. The van der Waals surface area contributed by atoms with Crippen molar-refractivity contribution in [1.82, 2.24) is 4.98 Å². The molecule has 0 radical (unpaired) electrons. The second kappa shape index (κ2) is 14.4. The minimum Gasteiger partial charge on any atom is -0.490 e. The summed E-state index contributed by atoms with van der Waals surface area (Å²) in [5.74, 6) is 0.876. The number of ether oxygens (including phenoxy) is 3. The third-order valence-electron chi connectivity index (χ3n) is 5.96. The third kappa shape index (κ3) is 8.47. The Morgan fingerprint density at radius 1 is 0.744 bits per heavy atom. The predicted octanol–water partition coefficient (Wildman–Crippen LogP) is 7.54. The fourth-order valence-corrected chi connectivity index (χ4v) is 4.06. The molecule has 1 heterocycles. The highest BCUT2D eigenvalue weighted by Crippen LogP contribution is 2.30. The number of hydrogen-bond donors (Lipinski definition) is 1. The Hall–Kier alpha value is -4.58. The number of carbonyl (C=O) groups is 1. The van der Waals surface area contributed by atoms with E-state index in [9.17, 15) is 4.79 Å². The molecular formula is C33H33NO5. The molecule has 6 nitrogen and oxygen atoms in total. The maximum absolute atomic E-state index is 10.8. The van der Waals surface area contributed by atoms with Crippen molar-refractivity contribution in [2.24, 2.45) is 0 Å². The van der Waals surface area contributed by atoms with Crippen LogP contribution < -0.4 is 14.2 Å². The van der Waals surface area contributed by atoms with Gasteiger partial charge in [0.2, 0.25) is 5.88 Å². The molecule has 4 aromatic rings.